The molecule has 10 heteroatoms. The van der Waals surface area contributed by atoms with Crippen LogP contribution in [0.3, 0.4) is 0 Å². The fourth-order valence-corrected chi connectivity index (χ4v) is 2.89. The van der Waals surface area contributed by atoms with Crippen molar-refractivity contribution in [2.24, 2.45) is 0 Å². The normalized spacial score (nSPS) is 11.2. The molecule has 0 saturated carbocycles. The predicted molar refractivity (Wildman–Crippen MR) is 105 cm³/mol. The van der Waals surface area contributed by atoms with Gasteiger partial charge in [-0.05, 0) is 54.8 Å². The van der Waals surface area contributed by atoms with E-state index in [-0.39, 0.29) is 18.0 Å². The van der Waals surface area contributed by atoms with Crippen molar-refractivity contribution in [1.82, 2.24) is 15.1 Å². The predicted octanol–water partition coefficient (Wildman–Crippen LogP) is 3.72. The molecule has 2 amide bonds. The van der Waals surface area contributed by atoms with Crippen molar-refractivity contribution in [2.45, 2.75) is 19.0 Å². The molecular formula is C21H18F4N4O2. The van der Waals surface area contributed by atoms with Gasteiger partial charge in [0.1, 0.15) is 5.82 Å². The molecule has 3 aromatic rings. The second-order valence-electron chi connectivity index (χ2n) is 6.62. The fourth-order valence-electron chi connectivity index (χ4n) is 2.89. The number of amides is 2. The van der Waals surface area contributed by atoms with Crippen LogP contribution >= 0.6 is 0 Å². The molecule has 0 atom stereocenters. The Kier molecular flexibility index (Phi) is 6.68. The zero-order valence-corrected chi connectivity index (χ0v) is 16.1. The van der Waals surface area contributed by atoms with Crippen LogP contribution in [0.1, 0.15) is 17.5 Å². The first-order chi connectivity index (χ1) is 14.7. The lowest BCUT2D eigenvalue weighted by Crippen LogP contribution is -2.36. The van der Waals surface area contributed by atoms with Gasteiger partial charge in [-0.15, -0.1) is 0 Å². The van der Waals surface area contributed by atoms with E-state index in [0.717, 1.165) is 17.7 Å². The van der Waals surface area contributed by atoms with Crippen LogP contribution in [0, 0.1) is 5.82 Å². The monoisotopic (exact) mass is 434 g/mol. The van der Waals surface area contributed by atoms with E-state index in [2.05, 4.69) is 10.4 Å². The van der Waals surface area contributed by atoms with Crippen LogP contribution in [0.5, 0.6) is 0 Å². The highest BCUT2D eigenvalue weighted by atomic mass is 19.4. The van der Waals surface area contributed by atoms with Gasteiger partial charge in [-0.3, -0.25) is 9.59 Å². The van der Waals surface area contributed by atoms with E-state index >= 15 is 0 Å². The van der Waals surface area contributed by atoms with Gasteiger partial charge >= 0.3 is 18.0 Å². The highest BCUT2D eigenvalue weighted by Gasteiger charge is 2.35. The topological polar surface area (TPSA) is 76.0 Å². The minimum atomic E-state index is -4.76. The number of benzene rings is 2. The minimum absolute atomic E-state index is 0.104. The maximum Gasteiger partial charge on any atom is 0.418 e. The van der Waals surface area contributed by atoms with Crippen molar-refractivity contribution in [3.8, 4) is 5.69 Å². The summed E-state index contributed by atoms with van der Waals surface area (Å²) in [6.07, 6.45) is -0.971. The molecule has 0 aliphatic heterocycles. The number of aromatic nitrogens is 2. The first-order valence-corrected chi connectivity index (χ1v) is 9.29. The highest BCUT2D eigenvalue weighted by molar-refractivity contribution is 6.39. The molecule has 0 saturated heterocycles. The third kappa shape index (κ3) is 5.91. The molecule has 0 unspecified atom stereocenters. The maximum absolute atomic E-state index is 13.5. The Labute approximate surface area is 174 Å². The molecular weight excluding hydrogens is 416 g/mol. The lowest BCUT2D eigenvalue weighted by molar-refractivity contribution is -0.138. The Morgan fingerprint density at radius 3 is 2.52 bits per heavy atom. The van der Waals surface area contributed by atoms with E-state index in [0.29, 0.717) is 12.8 Å². The smallest absolute Gasteiger partial charge is 0.348 e. The number of hydrogen-bond donors (Lipinski definition) is 2. The van der Waals surface area contributed by atoms with Crippen LogP contribution in [-0.4, -0.2) is 28.1 Å². The summed E-state index contributed by atoms with van der Waals surface area (Å²) in [6, 6.07) is 10.8. The number of halogens is 4. The van der Waals surface area contributed by atoms with Gasteiger partial charge in [-0.1, -0.05) is 12.1 Å². The standard InChI is InChI=1S/C21H18F4N4O2/c22-15-6-1-4-14(12-15)5-2-9-26-19(30)20(31)28-18-8-7-16(29-11-3-10-27-29)13-17(18)21(23,24)25/h1,3-4,6-8,10-13H,2,5,9H2,(H,26,30)(H,28,31). The van der Waals surface area contributed by atoms with Crippen LogP contribution in [0.4, 0.5) is 23.2 Å². The number of anilines is 1. The summed E-state index contributed by atoms with van der Waals surface area (Å²) in [5.74, 6) is -2.66. The third-order valence-electron chi connectivity index (χ3n) is 4.35. The van der Waals surface area contributed by atoms with Crippen molar-refractivity contribution in [3.05, 3.63) is 77.9 Å². The van der Waals surface area contributed by atoms with Gasteiger partial charge in [0.05, 0.1) is 16.9 Å². The molecule has 0 aliphatic rings. The van der Waals surface area contributed by atoms with Crippen LogP contribution in [0.15, 0.2) is 60.9 Å². The quantitative estimate of drug-likeness (QED) is 0.353. The molecule has 0 radical (unpaired) electrons. The number of rotatable bonds is 6. The summed E-state index contributed by atoms with van der Waals surface area (Å²) < 4.78 is 54.7. The summed E-state index contributed by atoms with van der Waals surface area (Å²) in [5.41, 5.74) is -0.765. The van der Waals surface area contributed by atoms with Crippen LogP contribution < -0.4 is 10.6 Å². The number of aryl methyl sites for hydroxylation is 1. The molecule has 3 rings (SSSR count). The maximum atomic E-state index is 13.5. The molecule has 1 aromatic heterocycles. The van der Waals surface area contributed by atoms with E-state index in [9.17, 15) is 27.2 Å². The lowest BCUT2D eigenvalue weighted by atomic mass is 10.1. The molecule has 2 N–H and O–H groups in total. The van der Waals surface area contributed by atoms with E-state index in [1.165, 1.54) is 35.3 Å². The second-order valence-corrected chi connectivity index (χ2v) is 6.62. The molecule has 162 valence electrons. The Bertz CT molecular complexity index is 1070. The van der Waals surface area contributed by atoms with E-state index < -0.39 is 29.2 Å². The Morgan fingerprint density at radius 2 is 1.84 bits per heavy atom. The molecule has 6 nitrogen and oxygen atoms in total. The zero-order chi connectivity index (χ0) is 22.4. The SMILES string of the molecule is O=C(NCCCc1cccc(F)c1)C(=O)Nc1ccc(-n2cccn2)cc1C(F)(F)F. The molecule has 0 aliphatic carbocycles. The van der Waals surface area contributed by atoms with E-state index in [4.69, 9.17) is 0 Å². The van der Waals surface area contributed by atoms with Gasteiger partial charge in [0.25, 0.3) is 0 Å². The molecule has 31 heavy (non-hydrogen) atoms. The summed E-state index contributed by atoms with van der Waals surface area (Å²) in [6.45, 7) is 0.104. The first-order valence-electron chi connectivity index (χ1n) is 9.29. The summed E-state index contributed by atoms with van der Waals surface area (Å²) in [4.78, 5) is 24.0. The van der Waals surface area contributed by atoms with Crippen molar-refractivity contribution in [1.29, 1.82) is 0 Å². The average molecular weight is 434 g/mol. The van der Waals surface area contributed by atoms with Gasteiger partial charge in [-0.2, -0.15) is 18.3 Å². The molecule has 0 fully saturated rings. The lowest BCUT2D eigenvalue weighted by Gasteiger charge is -2.15. The zero-order valence-electron chi connectivity index (χ0n) is 16.1. The third-order valence-corrected chi connectivity index (χ3v) is 4.35. The van der Waals surface area contributed by atoms with E-state index in [1.807, 2.05) is 5.32 Å². The van der Waals surface area contributed by atoms with Gasteiger partial charge in [0, 0.05) is 18.9 Å². The Hall–Kier alpha value is -3.69. The summed E-state index contributed by atoms with van der Waals surface area (Å²) in [7, 11) is 0. The molecule has 0 spiro atoms. The number of nitrogens with one attached hydrogen (secondary N) is 2. The fraction of sp³-hybridized carbons (Fsp3) is 0.190. The summed E-state index contributed by atoms with van der Waals surface area (Å²) in [5, 5.41) is 8.22. The Morgan fingerprint density at radius 1 is 1.03 bits per heavy atom. The van der Waals surface area contributed by atoms with Crippen molar-refractivity contribution in [3.63, 3.8) is 0 Å². The van der Waals surface area contributed by atoms with Gasteiger partial charge < -0.3 is 10.6 Å². The van der Waals surface area contributed by atoms with Gasteiger partial charge in [-0.25, -0.2) is 9.07 Å². The number of nitrogens with zero attached hydrogens (tertiary/aromatic N) is 2. The summed E-state index contributed by atoms with van der Waals surface area (Å²) >= 11 is 0. The number of carbonyl (C=O) groups excluding carboxylic acids is 2. The van der Waals surface area contributed by atoms with Crippen molar-refractivity contribution < 1.29 is 27.2 Å². The molecule has 1 heterocycles. The number of hydrogen-bond acceptors (Lipinski definition) is 3. The highest BCUT2D eigenvalue weighted by Crippen LogP contribution is 2.36. The average Bonchev–Trinajstić information content (AvgIpc) is 3.25. The Balaban J connectivity index is 1.60. The van der Waals surface area contributed by atoms with Crippen molar-refractivity contribution >= 4 is 17.5 Å². The van der Waals surface area contributed by atoms with Gasteiger partial charge in [0.2, 0.25) is 0 Å². The van der Waals surface area contributed by atoms with Gasteiger partial charge in [0.15, 0.2) is 0 Å². The number of alkyl halides is 3. The first kappa shape index (κ1) is 22.0. The van der Waals surface area contributed by atoms with Crippen LogP contribution in [0.25, 0.3) is 5.69 Å². The van der Waals surface area contributed by atoms with Crippen LogP contribution in [-0.2, 0) is 22.2 Å². The largest absolute Gasteiger partial charge is 0.418 e. The number of carbonyl (C=O) groups is 2. The molecule has 0 bridgehead atoms. The van der Waals surface area contributed by atoms with Crippen molar-refractivity contribution in [2.75, 3.05) is 11.9 Å². The van der Waals surface area contributed by atoms with Crippen LogP contribution in [0.2, 0.25) is 0 Å². The second kappa shape index (κ2) is 9.41. The minimum Gasteiger partial charge on any atom is -0.348 e. The molecule has 2 aromatic carbocycles. The van der Waals surface area contributed by atoms with E-state index in [1.54, 1.807) is 18.2 Å².